The minimum Gasteiger partial charge on any atom is -0.464 e. The van der Waals surface area contributed by atoms with Crippen LogP contribution in [0, 0.1) is 13.8 Å². The molecule has 0 saturated carbocycles. The lowest BCUT2D eigenvalue weighted by Crippen LogP contribution is -2.24. The molecule has 6 heteroatoms. The average molecular weight is 336 g/mol. The highest BCUT2D eigenvalue weighted by Gasteiger charge is 2.14. The molecule has 1 unspecified atom stereocenters. The lowest BCUT2D eigenvalue weighted by Gasteiger charge is -2.04. The van der Waals surface area contributed by atoms with Crippen molar-refractivity contribution in [3.63, 3.8) is 0 Å². The summed E-state index contributed by atoms with van der Waals surface area (Å²) in [7, 11) is 1.92. The summed E-state index contributed by atoms with van der Waals surface area (Å²) in [4.78, 5) is 4.46. The minimum atomic E-state index is 0. The highest BCUT2D eigenvalue weighted by molar-refractivity contribution is 5.85. The molecule has 1 aromatic carbocycles. The molecule has 0 saturated heterocycles. The summed E-state index contributed by atoms with van der Waals surface area (Å²) in [5.41, 5.74) is 4.47. The molecule has 5 nitrogen and oxygen atoms in total. The predicted octanol–water partition coefficient (Wildman–Crippen LogP) is 3.60. The Morgan fingerprint density at radius 3 is 2.70 bits per heavy atom. The fourth-order valence-corrected chi connectivity index (χ4v) is 2.46. The van der Waals surface area contributed by atoms with Crippen molar-refractivity contribution in [2.45, 2.75) is 39.7 Å². The van der Waals surface area contributed by atoms with Crippen LogP contribution < -0.4 is 5.32 Å². The fourth-order valence-electron chi connectivity index (χ4n) is 2.46. The zero-order valence-corrected chi connectivity index (χ0v) is 14.7. The van der Waals surface area contributed by atoms with Gasteiger partial charge in [0.25, 0.3) is 0 Å². The molecular formula is C17H22ClN3O2. The largest absolute Gasteiger partial charge is 0.464 e. The predicted molar refractivity (Wildman–Crippen MR) is 92.3 cm³/mol. The molecule has 0 aliphatic rings. The van der Waals surface area contributed by atoms with E-state index in [1.54, 1.807) is 6.26 Å². The van der Waals surface area contributed by atoms with Crippen molar-refractivity contribution in [3.05, 3.63) is 46.8 Å². The second-order valence-corrected chi connectivity index (χ2v) is 5.87. The monoisotopic (exact) mass is 335 g/mol. The number of halogens is 1. The lowest BCUT2D eigenvalue weighted by molar-refractivity contribution is 0.377. The zero-order valence-electron chi connectivity index (χ0n) is 13.8. The van der Waals surface area contributed by atoms with Gasteiger partial charge in [0.2, 0.25) is 5.89 Å². The quantitative estimate of drug-likeness (QED) is 0.771. The van der Waals surface area contributed by atoms with Crippen LogP contribution in [0.4, 0.5) is 0 Å². The van der Waals surface area contributed by atoms with E-state index >= 15 is 0 Å². The van der Waals surface area contributed by atoms with Crippen LogP contribution in [-0.2, 0) is 12.8 Å². The van der Waals surface area contributed by atoms with Gasteiger partial charge in [-0.15, -0.1) is 12.4 Å². The van der Waals surface area contributed by atoms with Gasteiger partial charge in [-0.05, 0) is 51.1 Å². The van der Waals surface area contributed by atoms with E-state index in [0.717, 1.165) is 28.8 Å². The fraction of sp³-hybridized carbons (Fsp3) is 0.412. The molecular weight excluding hydrogens is 314 g/mol. The maximum atomic E-state index is 5.65. The van der Waals surface area contributed by atoms with Crippen molar-refractivity contribution >= 4 is 23.4 Å². The summed E-state index contributed by atoms with van der Waals surface area (Å²) < 4.78 is 11.0. The number of hydrogen-bond donors (Lipinski definition) is 1. The number of aromatic nitrogens is 2. The van der Waals surface area contributed by atoms with E-state index in [-0.39, 0.29) is 12.4 Å². The first-order valence-corrected chi connectivity index (χ1v) is 7.53. The number of nitrogens with one attached hydrogen (secondary N) is 1. The third-order valence-electron chi connectivity index (χ3n) is 4.10. The molecule has 1 N–H and O–H groups in total. The van der Waals surface area contributed by atoms with Crippen LogP contribution in [0.5, 0.6) is 0 Å². The Morgan fingerprint density at radius 1 is 1.22 bits per heavy atom. The number of likely N-dealkylation sites (N-methyl/N-ethyl adjacent to an activating group) is 1. The average Bonchev–Trinajstić information content (AvgIpc) is 3.08. The molecule has 2 aromatic heterocycles. The second-order valence-electron chi connectivity index (χ2n) is 5.87. The van der Waals surface area contributed by atoms with E-state index in [9.17, 15) is 0 Å². The molecule has 0 fully saturated rings. The van der Waals surface area contributed by atoms with E-state index in [0.29, 0.717) is 18.4 Å². The zero-order chi connectivity index (χ0) is 15.7. The van der Waals surface area contributed by atoms with Crippen molar-refractivity contribution in [1.29, 1.82) is 0 Å². The van der Waals surface area contributed by atoms with Crippen LogP contribution in [0.3, 0.4) is 0 Å². The molecule has 0 aliphatic heterocycles. The molecule has 0 radical (unpaired) electrons. The first-order valence-electron chi connectivity index (χ1n) is 7.53. The smallest absolute Gasteiger partial charge is 0.231 e. The number of nitrogens with zero attached hydrogens (tertiary/aromatic N) is 2. The van der Waals surface area contributed by atoms with Crippen LogP contribution in [0.25, 0.3) is 11.0 Å². The molecule has 23 heavy (non-hydrogen) atoms. The van der Waals surface area contributed by atoms with Crippen LogP contribution in [0.2, 0.25) is 0 Å². The van der Waals surface area contributed by atoms with Crippen LogP contribution in [-0.4, -0.2) is 23.2 Å². The molecule has 0 spiro atoms. The van der Waals surface area contributed by atoms with E-state index in [4.69, 9.17) is 8.94 Å². The molecule has 3 rings (SSSR count). The van der Waals surface area contributed by atoms with Crippen molar-refractivity contribution in [2.75, 3.05) is 7.05 Å². The number of fused-ring (bicyclic) bond motifs is 1. The first kappa shape index (κ1) is 17.5. The molecule has 0 aliphatic carbocycles. The summed E-state index contributed by atoms with van der Waals surface area (Å²) >= 11 is 0. The summed E-state index contributed by atoms with van der Waals surface area (Å²) in [5, 5.41) is 8.32. The molecule has 0 amide bonds. The summed E-state index contributed by atoms with van der Waals surface area (Å²) in [6.45, 7) is 6.28. The van der Waals surface area contributed by atoms with Gasteiger partial charge in [0.1, 0.15) is 5.58 Å². The molecule has 1 atom stereocenters. The van der Waals surface area contributed by atoms with Gasteiger partial charge in [-0.25, -0.2) is 0 Å². The Kier molecular flexibility index (Phi) is 5.44. The van der Waals surface area contributed by atoms with Crippen molar-refractivity contribution in [3.8, 4) is 0 Å². The van der Waals surface area contributed by atoms with Crippen LogP contribution >= 0.6 is 12.4 Å². The van der Waals surface area contributed by atoms with Crippen molar-refractivity contribution in [1.82, 2.24) is 15.5 Å². The number of furan rings is 1. The number of benzene rings is 1. The van der Waals surface area contributed by atoms with Gasteiger partial charge in [-0.1, -0.05) is 5.16 Å². The normalized spacial score (nSPS) is 12.3. The maximum absolute atomic E-state index is 5.65. The Labute approximate surface area is 141 Å². The highest BCUT2D eigenvalue weighted by atomic mass is 35.5. The maximum Gasteiger partial charge on any atom is 0.231 e. The van der Waals surface area contributed by atoms with Crippen molar-refractivity contribution < 1.29 is 8.94 Å². The summed E-state index contributed by atoms with van der Waals surface area (Å²) in [6.07, 6.45) is 3.13. The molecule has 0 bridgehead atoms. The third-order valence-corrected chi connectivity index (χ3v) is 4.10. The number of rotatable bonds is 5. The van der Waals surface area contributed by atoms with Gasteiger partial charge >= 0.3 is 0 Å². The Hall–Kier alpha value is -1.85. The van der Waals surface area contributed by atoms with Gasteiger partial charge in [0, 0.05) is 23.4 Å². The SMILES string of the molecule is CNC(C)Cc1noc(Cc2coc3cc(C)c(C)cc23)n1.Cl. The third kappa shape index (κ3) is 3.74. The standard InChI is InChI=1S/C17H21N3O2.ClH/c1-10-5-14-13(9-21-15(14)6-11(10)2)8-17-19-16(20-22-17)7-12(3)18-4;/h5-6,9,12,18H,7-8H2,1-4H3;1H. The topological polar surface area (TPSA) is 64.1 Å². The summed E-state index contributed by atoms with van der Waals surface area (Å²) in [6, 6.07) is 4.55. The Morgan fingerprint density at radius 2 is 1.96 bits per heavy atom. The number of hydrogen-bond acceptors (Lipinski definition) is 5. The first-order chi connectivity index (χ1) is 10.6. The van der Waals surface area contributed by atoms with E-state index in [1.807, 2.05) is 7.05 Å². The molecule has 124 valence electrons. The number of aryl methyl sites for hydroxylation is 2. The highest BCUT2D eigenvalue weighted by Crippen LogP contribution is 2.26. The van der Waals surface area contributed by atoms with E-state index in [1.165, 1.54) is 11.1 Å². The van der Waals surface area contributed by atoms with Gasteiger partial charge < -0.3 is 14.3 Å². The van der Waals surface area contributed by atoms with Gasteiger partial charge in [-0.3, -0.25) is 0 Å². The van der Waals surface area contributed by atoms with Gasteiger partial charge in [-0.2, -0.15) is 4.98 Å². The summed E-state index contributed by atoms with van der Waals surface area (Å²) in [5.74, 6) is 1.36. The van der Waals surface area contributed by atoms with Crippen molar-refractivity contribution in [2.24, 2.45) is 0 Å². The Bertz CT molecular complexity index is 794. The van der Waals surface area contributed by atoms with Gasteiger partial charge in [0.15, 0.2) is 5.82 Å². The second kappa shape index (κ2) is 7.15. The molecule has 3 aromatic rings. The lowest BCUT2D eigenvalue weighted by atomic mass is 10.0. The Balaban J connectivity index is 0.00000192. The minimum absolute atomic E-state index is 0. The van der Waals surface area contributed by atoms with E-state index < -0.39 is 0 Å². The van der Waals surface area contributed by atoms with E-state index in [2.05, 4.69) is 48.4 Å². The van der Waals surface area contributed by atoms with Crippen LogP contribution in [0.15, 0.2) is 27.3 Å². The van der Waals surface area contributed by atoms with Gasteiger partial charge in [0.05, 0.1) is 12.7 Å². The molecule has 2 heterocycles. The van der Waals surface area contributed by atoms with Crippen LogP contribution in [0.1, 0.15) is 35.3 Å².